The number of carbonyl (C=O) groups excluding carboxylic acids is 2. The molecule has 0 saturated carbocycles. The Labute approximate surface area is 155 Å². The van der Waals surface area contributed by atoms with Gasteiger partial charge in [-0.15, -0.1) is 12.4 Å². The van der Waals surface area contributed by atoms with Crippen LogP contribution < -0.4 is 5.32 Å². The van der Waals surface area contributed by atoms with Crippen LogP contribution in [-0.4, -0.2) is 63.9 Å². The molecule has 0 aliphatic carbocycles. The highest BCUT2D eigenvalue weighted by atomic mass is 35.5. The molecule has 3 rings (SSSR count). The van der Waals surface area contributed by atoms with Gasteiger partial charge in [-0.2, -0.15) is 0 Å². The first-order valence-electron chi connectivity index (χ1n) is 8.92. The van der Waals surface area contributed by atoms with Gasteiger partial charge in [-0.3, -0.25) is 9.59 Å². The second-order valence-corrected chi connectivity index (χ2v) is 6.68. The number of amides is 2. The van der Waals surface area contributed by atoms with E-state index in [1.54, 1.807) is 11.1 Å². The van der Waals surface area contributed by atoms with Gasteiger partial charge in [0.25, 0.3) is 0 Å². The van der Waals surface area contributed by atoms with Gasteiger partial charge >= 0.3 is 0 Å². The number of likely N-dealkylation sites (tertiary alicyclic amines) is 1. The van der Waals surface area contributed by atoms with Crippen LogP contribution in [0.4, 0.5) is 0 Å². The first kappa shape index (κ1) is 19.7. The smallest absolute Gasteiger partial charge is 0.242 e. The molecule has 0 bridgehead atoms. The van der Waals surface area contributed by atoms with E-state index in [0.717, 1.165) is 38.1 Å². The van der Waals surface area contributed by atoms with Crippen LogP contribution in [-0.2, 0) is 16.6 Å². The molecular weight excluding hydrogens is 342 g/mol. The summed E-state index contributed by atoms with van der Waals surface area (Å²) < 4.78 is 1.96. The van der Waals surface area contributed by atoms with Crippen LogP contribution in [0.2, 0.25) is 0 Å². The van der Waals surface area contributed by atoms with E-state index < -0.39 is 0 Å². The molecule has 1 aromatic heterocycles. The fourth-order valence-electron chi connectivity index (χ4n) is 3.57. The van der Waals surface area contributed by atoms with Crippen LogP contribution in [0.5, 0.6) is 0 Å². The highest BCUT2D eigenvalue weighted by molar-refractivity contribution is 5.85. The lowest BCUT2D eigenvalue weighted by Crippen LogP contribution is -2.52. The summed E-state index contributed by atoms with van der Waals surface area (Å²) in [4.78, 5) is 33.2. The normalized spacial score (nSPS) is 22.1. The number of nitrogens with zero attached hydrogens (tertiary/aromatic N) is 4. The molecule has 1 aromatic rings. The molecule has 8 heteroatoms. The Balaban J connectivity index is 0.00000225. The lowest BCUT2D eigenvalue weighted by molar-refractivity contribution is -0.143. The van der Waals surface area contributed by atoms with Gasteiger partial charge in [-0.1, -0.05) is 12.8 Å². The highest BCUT2D eigenvalue weighted by Crippen LogP contribution is 2.21. The minimum absolute atomic E-state index is 0. The summed E-state index contributed by atoms with van der Waals surface area (Å²) >= 11 is 0. The standard InChI is InChI=1S/C17H27N5O2.ClH/c1-20-10-8-19-17(20)14-12-18-7-11-22(14)16(24)13-21-9-5-3-2-4-6-15(21)23;/h8,10,14,18H,2-7,9,11-13H2,1H3;1H. The minimum atomic E-state index is -0.0730. The molecule has 2 aliphatic rings. The van der Waals surface area contributed by atoms with E-state index in [1.165, 1.54) is 0 Å². The predicted octanol–water partition coefficient (Wildman–Crippen LogP) is 1.11. The fourth-order valence-corrected chi connectivity index (χ4v) is 3.57. The SMILES string of the molecule is Cl.Cn1ccnc1C1CNCCN1C(=O)CN1CCCCCCC1=O. The quantitative estimate of drug-likeness (QED) is 0.866. The van der Waals surface area contributed by atoms with Gasteiger partial charge in [0.2, 0.25) is 11.8 Å². The van der Waals surface area contributed by atoms with Gasteiger partial charge < -0.3 is 19.7 Å². The Hall–Kier alpha value is -1.60. The van der Waals surface area contributed by atoms with Crippen LogP contribution in [0.25, 0.3) is 0 Å². The number of halogens is 1. The summed E-state index contributed by atoms with van der Waals surface area (Å²) in [6.45, 7) is 3.02. The Bertz CT molecular complexity index is 591. The summed E-state index contributed by atoms with van der Waals surface area (Å²) in [6.07, 6.45) is 8.41. The van der Waals surface area contributed by atoms with Crippen molar-refractivity contribution in [3.8, 4) is 0 Å². The zero-order valence-electron chi connectivity index (χ0n) is 14.8. The molecule has 140 valence electrons. The average molecular weight is 370 g/mol. The molecule has 0 radical (unpaired) electrons. The van der Waals surface area contributed by atoms with Gasteiger partial charge in [0.1, 0.15) is 11.9 Å². The maximum atomic E-state index is 12.9. The van der Waals surface area contributed by atoms with Crippen molar-refractivity contribution in [2.75, 3.05) is 32.7 Å². The molecule has 1 unspecified atom stereocenters. The Kier molecular flexibility index (Phi) is 7.25. The van der Waals surface area contributed by atoms with Crippen LogP contribution >= 0.6 is 12.4 Å². The van der Waals surface area contributed by atoms with E-state index >= 15 is 0 Å². The first-order chi connectivity index (χ1) is 11.7. The second kappa shape index (κ2) is 9.20. The Morgan fingerprint density at radius 3 is 2.84 bits per heavy atom. The zero-order chi connectivity index (χ0) is 16.9. The van der Waals surface area contributed by atoms with Crippen molar-refractivity contribution >= 4 is 24.2 Å². The van der Waals surface area contributed by atoms with E-state index in [1.807, 2.05) is 22.7 Å². The van der Waals surface area contributed by atoms with Crippen molar-refractivity contribution in [1.82, 2.24) is 24.7 Å². The number of carbonyl (C=O) groups is 2. The molecule has 0 spiro atoms. The molecule has 25 heavy (non-hydrogen) atoms. The van der Waals surface area contributed by atoms with E-state index in [-0.39, 0.29) is 36.8 Å². The summed E-state index contributed by atoms with van der Waals surface area (Å²) in [5.74, 6) is 1.03. The lowest BCUT2D eigenvalue weighted by atomic mass is 10.1. The lowest BCUT2D eigenvalue weighted by Gasteiger charge is -2.37. The molecular formula is C17H28ClN5O2. The molecule has 0 aromatic carbocycles. The summed E-state index contributed by atoms with van der Waals surface area (Å²) in [6, 6.07) is -0.0730. The number of imidazole rings is 1. The van der Waals surface area contributed by atoms with E-state index in [0.29, 0.717) is 26.1 Å². The fraction of sp³-hybridized carbons (Fsp3) is 0.706. The molecule has 2 saturated heterocycles. The van der Waals surface area contributed by atoms with Crippen molar-refractivity contribution in [2.24, 2.45) is 7.05 Å². The Morgan fingerprint density at radius 1 is 1.28 bits per heavy atom. The van der Waals surface area contributed by atoms with E-state index in [4.69, 9.17) is 0 Å². The maximum absolute atomic E-state index is 12.9. The molecule has 2 amide bonds. The van der Waals surface area contributed by atoms with Crippen molar-refractivity contribution in [2.45, 2.75) is 38.1 Å². The minimum Gasteiger partial charge on any atom is -0.336 e. The summed E-state index contributed by atoms with van der Waals surface area (Å²) in [7, 11) is 1.95. The summed E-state index contributed by atoms with van der Waals surface area (Å²) in [5.41, 5.74) is 0. The second-order valence-electron chi connectivity index (χ2n) is 6.68. The van der Waals surface area contributed by atoms with Crippen molar-refractivity contribution in [3.63, 3.8) is 0 Å². The first-order valence-corrected chi connectivity index (χ1v) is 8.92. The predicted molar refractivity (Wildman–Crippen MR) is 97.4 cm³/mol. The molecule has 3 heterocycles. The number of nitrogens with one attached hydrogen (secondary N) is 1. The van der Waals surface area contributed by atoms with Crippen LogP contribution in [0.1, 0.15) is 44.0 Å². The van der Waals surface area contributed by atoms with Crippen molar-refractivity contribution in [1.29, 1.82) is 0 Å². The monoisotopic (exact) mass is 369 g/mol. The van der Waals surface area contributed by atoms with Crippen LogP contribution in [0, 0.1) is 0 Å². The van der Waals surface area contributed by atoms with Crippen LogP contribution in [0.15, 0.2) is 12.4 Å². The number of aromatic nitrogens is 2. The van der Waals surface area contributed by atoms with E-state index in [9.17, 15) is 9.59 Å². The maximum Gasteiger partial charge on any atom is 0.242 e. The third-order valence-electron chi connectivity index (χ3n) is 4.97. The van der Waals surface area contributed by atoms with Gasteiger partial charge in [-0.05, 0) is 12.8 Å². The third-order valence-corrected chi connectivity index (χ3v) is 4.97. The zero-order valence-corrected chi connectivity index (χ0v) is 15.6. The molecule has 2 fully saturated rings. The van der Waals surface area contributed by atoms with E-state index in [2.05, 4.69) is 10.3 Å². The van der Waals surface area contributed by atoms with Gasteiger partial charge in [0.15, 0.2) is 0 Å². The third kappa shape index (κ3) is 4.73. The van der Waals surface area contributed by atoms with Gasteiger partial charge in [0.05, 0.1) is 6.54 Å². The number of hydrogen-bond acceptors (Lipinski definition) is 4. The van der Waals surface area contributed by atoms with Gasteiger partial charge in [0, 0.05) is 52.0 Å². The topological polar surface area (TPSA) is 70.5 Å². The molecule has 1 N–H and O–H groups in total. The van der Waals surface area contributed by atoms with Crippen molar-refractivity contribution < 1.29 is 9.59 Å². The van der Waals surface area contributed by atoms with Crippen LogP contribution in [0.3, 0.4) is 0 Å². The largest absolute Gasteiger partial charge is 0.336 e. The number of hydrogen-bond donors (Lipinski definition) is 1. The number of rotatable bonds is 3. The number of piperazine rings is 1. The molecule has 7 nitrogen and oxygen atoms in total. The molecule has 1 atom stereocenters. The summed E-state index contributed by atoms with van der Waals surface area (Å²) in [5, 5.41) is 3.34. The van der Waals surface area contributed by atoms with Gasteiger partial charge in [-0.25, -0.2) is 4.98 Å². The highest BCUT2D eigenvalue weighted by Gasteiger charge is 2.31. The van der Waals surface area contributed by atoms with Crippen molar-refractivity contribution in [3.05, 3.63) is 18.2 Å². The Morgan fingerprint density at radius 2 is 2.08 bits per heavy atom. The average Bonchev–Trinajstić information content (AvgIpc) is 3.00. The number of aryl methyl sites for hydroxylation is 1. The molecule has 2 aliphatic heterocycles.